The summed E-state index contributed by atoms with van der Waals surface area (Å²) in [7, 11) is -3.85. The molecule has 42 heavy (non-hydrogen) atoms. The number of phosphoric ester groups is 1. The zero-order chi connectivity index (χ0) is 29.5. The molecule has 0 unspecified atom stereocenters. The zero-order valence-corrected chi connectivity index (χ0v) is 24.7. The monoisotopic (exact) mass is 598 g/mol. The lowest BCUT2D eigenvalue weighted by Gasteiger charge is -2.27. The lowest BCUT2D eigenvalue weighted by atomic mass is 10.1. The number of fused-ring (bicyclic) bond motifs is 2. The Hall–Kier alpha value is -2.73. The van der Waals surface area contributed by atoms with Crippen LogP contribution in [0.15, 0.2) is 70.4 Å². The number of hydrogen-bond donors (Lipinski definition) is 0. The third-order valence-corrected chi connectivity index (χ3v) is 9.29. The Kier molecular flexibility index (Phi) is 8.21. The van der Waals surface area contributed by atoms with E-state index in [-0.39, 0.29) is 39.1 Å². The van der Waals surface area contributed by atoms with Gasteiger partial charge in [-0.3, -0.25) is 9.36 Å². The molecular weight excluding hydrogens is 563 g/mol. The number of aromatic nitrogens is 2. The SMILES string of the molecule is Cc1cn([C@@H]2C[C@H](CO[P+]3([O-])OCc4ccccc4CO3)[C@H]3OC(C)(C)O[C@H]32)c(=O)n(COCc2ccccc2)c1=O. The molecule has 1 saturated carbocycles. The molecular formula is C30H35N2O9P. The summed E-state index contributed by atoms with van der Waals surface area (Å²) in [5.41, 5.74) is 2.21. The lowest BCUT2D eigenvalue weighted by Crippen LogP contribution is -2.44. The standard InChI is InChI=1S/C30H35N2O9P/c1-20-14-31(29(34)32(28(20)33)19-36-15-21-9-5-4-6-10-21)25-13-24(26-27(25)41-30(2,3)40-26)18-39-42(35)37-16-22-11-7-8-12-23(22)17-38-42/h4-12,14,24-27H,13,15-19H2,1-3H3/t24-,25-,26-,27+/m1/s1. The molecule has 2 fully saturated rings. The maximum atomic E-state index is 13.7. The third kappa shape index (κ3) is 6.02. The molecule has 11 nitrogen and oxygen atoms in total. The molecule has 6 rings (SSSR count). The van der Waals surface area contributed by atoms with E-state index < -0.39 is 43.5 Å². The maximum absolute atomic E-state index is 13.7. The van der Waals surface area contributed by atoms with Gasteiger partial charge >= 0.3 is 13.9 Å². The summed E-state index contributed by atoms with van der Waals surface area (Å²) in [4.78, 5) is 40.0. The Morgan fingerprint density at radius 1 is 0.976 bits per heavy atom. The number of hydrogen-bond acceptors (Lipinski definition) is 9. The first kappa shape index (κ1) is 29.3. The van der Waals surface area contributed by atoms with Gasteiger partial charge in [0, 0.05) is 17.7 Å². The minimum Gasteiger partial charge on any atom is -0.606 e. The van der Waals surface area contributed by atoms with Crippen LogP contribution in [0.3, 0.4) is 0 Å². The summed E-state index contributed by atoms with van der Waals surface area (Å²) in [5.74, 6) is -1.19. The van der Waals surface area contributed by atoms with Gasteiger partial charge in [-0.15, -0.1) is 0 Å². The number of rotatable bonds is 8. The zero-order valence-electron chi connectivity index (χ0n) is 23.8. The molecule has 0 radical (unpaired) electrons. The van der Waals surface area contributed by atoms with Gasteiger partial charge in [0.05, 0.1) is 18.8 Å². The number of nitrogens with zero attached hydrogens (tertiary/aromatic N) is 2. The second-order valence-electron chi connectivity index (χ2n) is 11.4. The number of benzene rings is 2. The van der Waals surface area contributed by atoms with Crippen LogP contribution in [-0.2, 0) is 54.3 Å². The first-order valence-electron chi connectivity index (χ1n) is 14.0. The topological polar surface area (TPSA) is 122 Å². The average molecular weight is 599 g/mol. The van der Waals surface area contributed by atoms with Crippen molar-refractivity contribution in [3.63, 3.8) is 0 Å². The minimum atomic E-state index is -3.85. The molecule has 3 aliphatic rings. The maximum Gasteiger partial charge on any atom is 0.380 e. The predicted molar refractivity (Wildman–Crippen MR) is 151 cm³/mol. The lowest BCUT2D eigenvalue weighted by molar-refractivity contribution is -0.252. The largest absolute Gasteiger partial charge is 0.606 e. The highest BCUT2D eigenvalue weighted by Crippen LogP contribution is 2.58. The summed E-state index contributed by atoms with van der Waals surface area (Å²) in [6.45, 7) is 5.59. The van der Waals surface area contributed by atoms with Crippen LogP contribution in [0.2, 0.25) is 0 Å². The van der Waals surface area contributed by atoms with E-state index in [0.717, 1.165) is 21.3 Å². The van der Waals surface area contributed by atoms with Crippen LogP contribution in [0.4, 0.5) is 0 Å². The molecule has 1 aromatic heterocycles. The molecule has 12 heteroatoms. The Balaban J connectivity index is 1.20. The molecule has 3 aromatic rings. The first-order valence-corrected chi connectivity index (χ1v) is 15.5. The summed E-state index contributed by atoms with van der Waals surface area (Å²) in [5, 5.41) is 0. The first-order chi connectivity index (χ1) is 20.1. The summed E-state index contributed by atoms with van der Waals surface area (Å²) >= 11 is 0. The molecule has 1 saturated heterocycles. The fraction of sp³-hybridized carbons (Fsp3) is 0.467. The van der Waals surface area contributed by atoms with Gasteiger partial charge in [-0.05, 0) is 43.9 Å². The summed E-state index contributed by atoms with van der Waals surface area (Å²) in [6.07, 6.45) is 1.05. The van der Waals surface area contributed by atoms with Gasteiger partial charge in [-0.2, -0.15) is 13.6 Å². The quantitative estimate of drug-likeness (QED) is 0.359. The molecule has 0 bridgehead atoms. The molecule has 2 aromatic carbocycles. The van der Waals surface area contributed by atoms with Crippen LogP contribution >= 0.6 is 8.17 Å². The van der Waals surface area contributed by atoms with E-state index in [4.69, 9.17) is 27.8 Å². The van der Waals surface area contributed by atoms with E-state index >= 15 is 0 Å². The minimum absolute atomic E-state index is 0.0122. The van der Waals surface area contributed by atoms with Crippen molar-refractivity contribution in [2.75, 3.05) is 6.61 Å². The highest BCUT2D eigenvalue weighted by molar-refractivity contribution is 7.53. The predicted octanol–water partition coefficient (Wildman–Crippen LogP) is 3.38. The molecule has 224 valence electrons. The van der Waals surface area contributed by atoms with Crippen molar-refractivity contribution in [3.05, 3.63) is 104 Å². The number of aryl methyl sites for hydroxylation is 1. The Bertz CT molecular complexity index is 1510. The Labute approximate surface area is 244 Å². The van der Waals surface area contributed by atoms with Crippen LogP contribution in [0.5, 0.6) is 0 Å². The van der Waals surface area contributed by atoms with Crippen LogP contribution in [-0.4, -0.2) is 33.7 Å². The van der Waals surface area contributed by atoms with Crippen molar-refractivity contribution in [2.24, 2.45) is 5.92 Å². The smallest absolute Gasteiger partial charge is 0.380 e. The highest BCUT2D eigenvalue weighted by Gasteiger charge is 2.56. The molecule has 0 spiro atoms. The van der Waals surface area contributed by atoms with Crippen molar-refractivity contribution in [1.29, 1.82) is 0 Å². The fourth-order valence-corrected chi connectivity index (χ4v) is 7.06. The van der Waals surface area contributed by atoms with Gasteiger partial charge in [0.2, 0.25) is 0 Å². The normalized spacial score (nSPS) is 26.0. The van der Waals surface area contributed by atoms with Gasteiger partial charge in [0.1, 0.15) is 32.7 Å². The van der Waals surface area contributed by atoms with E-state index in [9.17, 15) is 14.5 Å². The molecule has 1 aliphatic carbocycles. The van der Waals surface area contributed by atoms with Crippen LogP contribution in [0.25, 0.3) is 0 Å². The van der Waals surface area contributed by atoms with Gasteiger partial charge in [0.15, 0.2) is 5.79 Å². The van der Waals surface area contributed by atoms with E-state index in [1.807, 2.05) is 68.4 Å². The van der Waals surface area contributed by atoms with Gasteiger partial charge in [-0.25, -0.2) is 9.36 Å². The summed E-state index contributed by atoms with van der Waals surface area (Å²) < 4.78 is 37.9. The van der Waals surface area contributed by atoms with Crippen molar-refractivity contribution in [2.45, 2.75) is 77.8 Å². The average Bonchev–Trinajstić information content (AvgIpc) is 3.40. The van der Waals surface area contributed by atoms with Crippen LogP contribution in [0, 0.1) is 12.8 Å². The second-order valence-corrected chi connectivity index (χ2v) is 13.1. The molecule has 4 atom stereocenters. The number of ether oxygens (including phenoxy) is 3. The van der Waals surface area contributed by atoms with Crippen LogP contribution in [0.1, 0.15) is 48.6 Å². The van der Waals surface area contributed by atoms with E-state index in [2.05, 4.69) is 0 Å². The molecule has 0 N–H and O–H groups in total. The molecule has 2 aliphatic heterocycles. The van der Waals surface area contributed by atoms with Crippen molar-refractivity contribution in [3.8, 4) is 0 Å². The molecule has 0 amide bonds. The second kappa shape index (κ2) is 11.7. The van der Waals surface area contributed by atoms with Gasteiger partial charge < -0.3 is 19.1 Å². The van der Waals surface area contributed by atoms with Crippen molar-refractivity contribution < 1.29 is 32.7 Å². The summed E-state index contributed by atoms with van der Waals surface area (Å²) in [6, 6.07) is 16.6. The van der Waals surface area contributed by atoms with E-state index in [1.54, 1.807) is 13.1 Å². The van der Waals surface area contributed by atoms with Gasteiger partial charge in [0.25, 0.3) is 5.56 Å². The van der Waals surface area contributed by atoms with E-state index in [1.165, 1.54) is 4.57 Å². The third-order valence-electron chi connectivity index (χ3n) is 7.93. The number of phosphoric acid groups is 1. The van der Waals surface area contributed by atoms with E-state index in [0.29, 0.717) is 12.0 Å². The Morgan fingerprint density at radius 3 is 2.31 bits per heavy atom. The van der Waals surface area contributed by atoms with Gasteiger partial charge in [-0.1, -0.05) is 54.6 Å². The molecule has 3 heterocycles. The highest BCUT2D eigenvalue weighted by atomic mass is 31.2. The fourth-order valence-electron chi connectivity index (χ4n) is 5.87. The Morgan fingerprint density at radius 2 is 1.62 bits per heavy atom. The van der Waals surface area contributed by atoms with Crippen molar-refractivity contribution in [1.82, 2.24) is 9.13 Å². The van der Waals surface area contributed by atoms with Crippen molar-refractivity contribution >= 4 is 8.17 Å². The van der Waals surface area contributed by atoms with Crippen LogP contribution < -0.4 is 16.1 Å².